The number of carbonyl (C=O) groups is 1. The number of thioether (sulfide) groups is 1. The van der Waals surface area contributed by atoms with Crippen molar-refractivity contribution in [3.8, 4) is 6.07 Å². The highest BCUT2D eigenvalue weighted by Crippen LogP contribution is 2.13. The molecule has 1 aromatic rings. The van der Waals surface area contributed by atoms with Crippen molar-refractivity contribution in [3.05, 3.63) is 17.8 Å². The van der Waals surface area contributed by atoms with Crippen LogP contribution in [0.25, 0.3) is 0 Å². The maximum Gasteiger partial charge on any atom is 0.227 e. The first-order valence-corrected chi connectivity index (χ1v) is 4.35. The molecule has 0 aliphatic heterocycles. The van der Waals surface area contributed by atoms with Crippen molar-refractivity contribution in [1.82, 2.24) is 10.2 Å². The smallest absolute Gasteiger partial charge is 0.227 e. The van der Waals surface area contributed by atoms with Gasteiger partial charge in [0.15, 0.2) is 0 Å². The lowest BCUT2D eigenvalue weighted by molar-refractivity contribution is -0.115. The van der Waals surface area contributed by atoms with Gasteiger partial charge in [-0.25, -0.2) is 0 Å². The van der Waals surface area contributed by atoms with Gasteiger partial charge < -0.3 is 5.73 Å². The van der Waals surface area contributed by atoms with Gasteiger partial charge in [-0.15, -0.1) is 5.10 Å². The highest BCUT2D eigenvalue weighted by molar-refractivity contribution is 7.99. The zero-order valence-corrected chi connectivity index (χ0v) is 7.41. The third-order valence-corrected chi connectivity index (χ3v) is 2.05. The van der Waals surface area contributed by atoms with Crippen LogP contribution in [0.3, 0.4) is 0 Å². The number of nitrogens with two attached hydrogens (primary N) is 1. The summed E-state index contributed by atoms with van der Waals surface area (Å²) in [5.41, 5.74) is 5.36. The van der Waals surface area contributed by atoms with Crippen molar-refractivity contribution in [1.29, 1.82) is 5.26 Å². The van der Waals surface area contributed by atoms with Gasteiger partial charge in [0, 0.05) is 0 Å². The topological polar surface area (TPSA) is 92.7 Å². The van der Waals surface area contributed by atoms with Crippen LogP contribution in [0.2, 0.25) is 0 Å². The number of aromatic nitrogens is 2. The van der Waals surface area contributed by atoms with E-state index in [2.05, 4.69) is 10.2 Å². The summed E-state index contributed by atoms with van der Waals surface area (Å²) < 4.78 is 0. The van der Waals surface area contributed by atoms with Crippen LogP contribution in [0.1, 0.15) is 5.56 Å². The highest BCUT2D eigenvalue weighted by Gasteiger charge is 2.00. The van der Waals surface area contributed by atoms with E-state index in [9.17, 15) is 4.79 Å². The first-order chi connectivity index (χ1) is 6.22. The van der Waals surface area contributed by atoms with E-state index in [4.69, 9.17) is 11.0 Å². The van der Waals surface area contributed by atoms with Crippen LogP contribution >= 0.6 is 11.8 Å². The minimum absolute atomic E-state index is 0.142. The standard InChI is InChI=1S/C7H6N4OS/c8-2-5-1-7(11-10-3-5)13-4-6(9)12/h1,3H,4H2,(H2,9,12). The molecule has 0 aliphatic rings. The first-order valence-electron chi connectivity index (χ1n) is 3.36. The Hall–Kier alpha value is -1.61. The van der Waals surface area contributed by atoms with Crippen molar-refractivity contribution in [2.24, 2.45) is 5.73 Å². The molecule has 0 aliphatic carbocycles. The molecule has 1 rings (SSSR count). The molecule has 1 amide bonds. The number of primary amides is 1. The van der Waals surface area contributed by atoms with Gasteiger partial charge in [-0.05, 0) is 6.07 Å². The number of nitriles is 1. The molecule has 0 saturated carbocycles. The van der Waals surface area contributed by atoms with Gasteiger partial charge in [-0.3, -0.25) is 4.79 Å². The second-order valence-corrected chi connectivity index (χ2v) is 3.14. The van der Waals surface area contributed by atoms with Crippen LogP contribution in [0.4, 0.5) is 0 Å². The second kappa shape index (κ2) is 4.42. The van der Waals surface area contributed by atoms with E-state index in [1.807, 2.05) is 6.07 Å². The molecule has 1 aromatic heterocycles. The Morgan fingerprint density at radius 2 is 2.54 bits per heavy atom. The molecule has 13 heavy (non-hydrogen) atoms. The van der Waals surface area contributed by atoms with Crippen molar-refractivity contribution < 1.29 is 4.79 Å². The Morgan fingerprint density at radius 1 is 1.77 bits per heavy atom. The summed E-state index contributed by atoms with van der Waals surface area (Å²) in [6, 6.07) is 3.48. The third kappa shape index (κ3) is 3.09. The van der Waals surface area contributed by atoms with Crippen molar-refractivity contribution >= 4 is 17.7 Å². The Bertz CT molecular complexity index is 360. The zero-order chi connectivity index (χ0) is 9.68. The summed E-state index contributed by atoms with van der Waals surface area (Å²) in [4.78, 5) is 10.4. The van der Waals surface area contributed by atoms with E-state index in [1.165, 1.54) is 6.20 Å². The summed E-state index contributed by atoms with van der Waals surface area (Å²) in [7, 11) is 0. The molecule has 0 unspecified atom stereocenters. The maximum atomic E-state index is 10.4. The molecule has 0 bridgehead atoms. The fourth-order valence-corrected chi connectivity index (χ4v) is 1.23. The van der Waals surface area contributed by atoms with E-state index in [0.717, 1.165) is 11.8 Å². The molecule has 0 aromatic carbocycles. The van der Waals surface area contributed by atoms with Gasteiger partial charge in [0.1, 0.15) is 11.1 Å². The number of carbonyl (C=O) groups excluding carboxylic acids is 1. The summed E-state index contributed by atoms with van der Waals surface area (Å²) in [5, 5.41) is 16.3. The highest BCUT2D eigenvalue weighted by atomic mass is 32.2. The van der Waals surface area contributed by atoms with Crippen LogP contribution in [-0.2, 0) is 4.79 Å². The van der Waals surface area contributed by atoms with E-state index < -0.39 is 5.91 Å². The van der Waals surface area contributed by atoms with E-state index in [-0.39, 0.29) is 5.75 Å². The monoisotopic (exact) mass is 194 g/mol. The summed E-state index contributed by atoms with van der Waals surface area (Å²) in [6.45, 7) is 0. The van der Waals surface area contributed by atoms with Gasteiger partial charge in [0.05, 0.1) is 17.5 Å². The summed E-state index contributed by atoms with van der Waals surface area (Å²) in [6.07, 6.45) is 1.36. The number of amides is 1. The van der Waals surface area contributed by atoms with Crippen LogP contribution < -0.4 is 5.73 Å². The Balaban J connectivity index is 2.68. The average Bonchev–Trinajstić information content (AvgIpc) is 2.15. The largest absolute Gasteiger partial charge is 0.369 e. The average molecular weight is 194 g/mol. The van der Waals surface area contributed by atoms with Crippen molar-refractivity contribution in [3.63, 3.8) is 0 Å². The quantitative estimate of drug-likeness (QED) is 0.679. The van der Waals surface area contributed by atoms with Gasteiger partial charge in [0.25, 0.3) is 0 Å². The van der Waals surface area contributed by atoms with Crippen LogP contribution in [0, 0.1) is 11.3 Å². The third-order valence-electron chi connectivity index (χ3n) is 1.12. The zero-order valence-electron chi connectivity index (χ0n) is 6.60. The maximum absolute atomic E-state index is 10.4. The van der Waals surface area contributed by atoms with Gasteiger partial charge in [0.2, 0.25) is 5.91 Å². The summed E-state index contributed by atoms with van der Waals surface area (Å²) >= 11 is 1.16. The lowest BCUT2D eigenvalue weighted by Gasteiger charge is -1.95. The van der Waals surface area contributed by atoms with Gasteiger partial charge in [-0.2, -0.15) is 10.4 Å². The lowest BCUT2D eigenvalue weighted by Crippen LogP contribution is -2.13. The van der Waals surface area contributed by atoms with Gasteiger partial charge in [-0.1, -0.05) is 11.8 Å². The molecule has 6 heteroatoms. The predicted octanol–water partition coefficient (Wildman–Crippen LogP) is -0.0743. The Kier molecular flexibility index (Phi) is 3.23. The second-order valence-electron chi connectivity index (χ2n) is 2.15. The Morgan fingerprint density at radius 3 is 3.15 bits per heavy atom. The molecule has 2 N–H and O–H groups in total. The van der Waals surface area contributed by atoms with E-state index >= 15 is 0 Å². The molecular formula is C7H6N4OS. The lowest BCUT2D eigenvalue weighted by atomic mass is 10.3. The number of rotatable bonds is 3. The molecule has 0 fully saturated rings. The van der Waals surface area contributed by atoms with Crippen molar-refractivity contribution in [2.75, 3.05) is 5.75 Å². The predicted molar refractivity (Wildman–Crippen MR) is 46.7 cm³/mol. The fraction of sp³-hybridized carbons (Fsp3) is 0.143. The number of hydrogen-bond donors (Lipinski definition) is 1. The number of hydrogen-bond acceptors (Lipinski definition) is 5. The minimum Gasteiger partial charge on any atom is -0.369 e. The van der Waals surface area contributed by atoms with Crippen LogP contribution in [0.5, 0.6) is 0 Å². The fourth-order valence-electron chi connectivity index (χ4n) is 0.624. The van der Waals surface area contributed by atoms with Crippen LogP contribution in [-0.4, -0.2) is 21.9 Å². The number of nitrogens with zero attached hydrogens (tertiary/aromatic N) is 3. The van der Waals surface area contributed by atoms with Gasteiger partial charge >= 0.3 is 0 Å². The molecule has 5 nitrogen and oxygen atoms in total. The normalized spacial score (nSPS) is 9.15. The first kappa shape index (κ1) is 9.48. The molecule has 0 atom stereocenters. The molecule has 1 heterocycles. The van der Waals surface area contributed by atoms with Crippen molar-refractivity contribution in [2.45, 2.75) is 5.03 Å². The Labute approximate surface area is 79.0 Å². The minimum atomic E-state index is -0.422. The summed E-state index contributed by atoms with van der Waals surface area (Å²) in [5.74, 6) is -0.280. The molecular weight excluding hydrogens is 188 g/mol. The molecule has 0 saturated heterocycles. The van der Waals surface area contributed by atoms with E-state index in [0.29, 0.717) is 10.6 Å². The SMILES string of the molecule is N#Cc1cnnc(SCC(N)=O)c1. The van der Waals surface area contributed by atoms with E-state index in [1.54, 1.807) is 6.07 Å². The molecule has 66 valence electrons. The van der Waals surface area contributed by atoms with Crippen LogP contribution in [0.15, 0.2) is 17.3 Å². The molecule has 0 radical (unpaired) electrons. The molecule has 0 spiro atoms.